The number of guanidine groups is 1. The van der Waals surface area contributed by atoms with Gasteiger partial charge in [0.05, 0.1) is 18.9 Å². The largest absolute Gasteiger partial charge is 0.504 e. The number of aliphatic hydroxyl groups excluding tert-OH is 1. The Morgan fingerprint density at radius 2 is 1.81 bits per heavy atom. The molecule has 4 bridgehead atoms. The van der Waals surface area contributed by atoms with Crippen LogP contribution in [-0.4, -0.2) is 67.7 Å². The number of allylic oxidation sites excluding steroid dienone is 2. The van der Waals surface area contributed by atoms with Gasteiger partial charge in [0.15, 0.2) is 29.3 Å². The molecule has 376 valence electrons. The van der Waals surface area contributed by atoms with Crippen LogP contribution < -0.4 is 30.2 Å². The van der Waals surface area contributed by atoms with Crippen LogP contribution >= 0.6 is 0 Å². The number of ether oxygens (including phenoxy) is 4. The zero-order valence-electron chi connectivity index (χ0n) is 42.3. The molecule has 1 spiro atoms. The zero-order chi connectivity index (χ0) is 48.5. The van der Waals surface area contributed by atoms with E-state index >= 15 is 4.79 Å². The van der Waals surface area contributed by atoms with Gasteiger partial charge in [0.25, 0.3) is 0 Å². The number of rotatable bonds is 10. The lowest BCUT2D eigenvalue weighted by atomic mass is 9.48. The minimum absolute atomic E-state index is 0.0421. The average Bonchev–Trinajstić information content (AvgIpc) is 4.18. The molecule has 70 heavy (non-hydrogen) atoms. The van der Waals surface area contributed by atoms with Crippen LogP contribution in [0.15, 0.2) is 47.5 Å². The van der Waals surface area contributed by atoms with E-state index in [1.54, 1.807) is 20.2 Å². The van der Waals surface area contributed by atoms with Crippen molar-refractivity contribution in [1.29, 1.82) is 0 Å². The molecule has 8 aliphatic rings. The molecule has 11 nitrogen and oxygen atoms in total. The molecule has 0 unspecified atom stereocenters. The average molecular weight is 955 g/mol. The predicted molar refractivity (Wildman–Crippen MR) is 273 cm³/mol. The number of hydrogen-bond acceptors (Lipinski definition) is 9. The number of likely N-dealkylation sites (N-methyl/N-ethyl adjacent to an activating group) is 1. The first-order chi connectivity index (χ1) is 34.1. The van der Waals surface area contributed by atoms with Crippen molar-refractivity contribution < 1.29 is 34.0 Å². The molecule has 12 atom stereocenters. The van der Waals surface area contributed by atoms with Crippen molar-refractivity contribution >= 4 is 17.4 Å². The fraction of sp³-hybridized carbons (Fsp3) is 0.661. The lowest BCUT2D eigenvalue weighted by molar-refractivity contribution is -0.145. The first-order valence-electron chi connectivity index (χ1n) is 27.2. The van der Waals surface area contributed by atoms with E-state index in [4.69, 9.17) is 18.9 Å². The number of benzene rings is 2. The van der Waals surface area contributed by atoms with Crippen LogP contribution in [0.2, 0.25) is 0 Å². The highest BCUT2D eigenvalue weighted by Gasteiger charge is 2.58. The van der Waals surface area contributed by atoms with Crippen molar-refractivity contribution in [2.24, 2.45) is 57.8 Å². The number of aromatic hydroxyl groups is 1. The van der Waals surface area contributed by atoms with E-state index in [0.29, 0.717) is 79.1 Å². The molecule has 6 aliphatic carbocycles. The van der Waals surface area contributed by atoms with E-state index in [1.807, 2.05) is 25.3 Å². The predicted octanol–water partition coefficient (Wildman–Crippen LogP) is 10.2. The van der Waals surface area contributed by atoms with Crippen LogP contribution in [0.1, 0.15) is 146 Å². The number of fused-ring (bicyclic) bond motifs is 9. The summed E-state index contributed by atoms with van der Waals surface area (Å²) in [7, 11) is 5.33. The molecule has 6 fully saturated rings. The highest BCUT2D eigenvalue weighted by atomic mass is 16.6. The quantitative estimate of drug-likeness (QED) is 0.115. The minimum Gasteiger partial charge on any atom is -0.504 e. The molecule has 0 amide bonds. The standard InChI is InChI=1S/C59H78N4O7/c1-5-38-18-20-40-30-44-14-9-25-59(44)45-32-49(55-52(33-45)70-57(37-60-2)35-41(12-11-27-68-55)42(36-57)31-54(66)69-46-16-6-7-17-46)63-56(61-3)62-26-10-15-43-13-8-24-58(43,53(65)23-21-48(59)47(40)28-38)34-39-19-22-50(64)51(29-39)67-4/h19,21-23,29,32-33,38,40-44,46-48,54,60,64,66H,5-9,12-18,20,24-25,28,30-31,34-37H2,1-4H3,(H2,61,62,63)/b23-21+/t38-,40-,41-,42-,43-,44+,47-,48+,54+,57+,58-,59+/m0/s1. The normalized spacial score (nSPS) is 36.1. The molecule has 0 aromatic heterocycles. The fourth-order valence-corrected chi connectivity index (χ4v) is 15.8. The molecule has 2 aliphatic heterocycles. The lowest BCUT2D eigenvalue weighted by Gasteiger charge is -2.55. The SMILES string of the molecule is CC[C@H]1CC[C@H]2C[C@H]3CCC[C@]34c3cc(c5c(c3)O[C@]3(CNC)C[C@H](CC#CO5)[C@@H](C[C@H](O)OC5CCCC5)C3)NC(=NC)NC#CC[C@@H]3CCC[C@@]3(Cc3ccc(O)c(OC)c3)C(=O)/C=C/[C@@H]4[C@H]2C1. The van der Waals surface area contributed by atoms with Gasteiger partial charge in [-0.05, 0) is 173 Å². The maximum absolute atomic E-state index is 15.6. The number of phenols is 1. The van der Waals surface area contributed by atoms with E-state index in [2.05, 4.69) is 70.1 Å². The number of aliphatic imine (C=N–C) groups is 1. The molecule has 6 saturated carbocycles. The Morgan fingerprint density at radius 3 is 2.63 bits per heavy atom. The Kier molecular flexibility index (Phi) is 14.5. The molecule has 10 rings (SSSR count). The number of anilines is 1. The first kappa shape index (κ1) is 48.9. The summed E-state index contributed by atoms with van der Waals surface area (Å²) in [5, 5.41) is 32.4. The maximum atomic E-state index is 15.6. The third-order valence-electron chi connectivity index (χ3n) is 19.1. The molecule has 5 N–H and O–H groups in total. The van der Waals surface area contributed by atoms with E-state index < -0.39 is 17.3 Å². The maximum Gasteiger partial charge on any atom is 0.207 e. The minimum atomic E-state index is -0.823. The molecular weight excluding hydrogens is 877 g/mol. The van der Waals surface area contributed by atoms with E-state index in [9.17, 15) is 10.2 Å². The summed E-state index contributed by atoms with van der Waals surface area (Å²) in [5.74, 6) is 11.9. The third-order valence-corrected chi connectivity index (χ3v) is 19.1. The molecule has 2 aromatic carbocycles. The van der Waals surface area contributed by atoms with E-state index in [1.165, 1.54) is 37.7 Å². The Labute approximate surface area is 417 Å². The van der Waals surface area contributed by atoms with Gasteiger partial charge in [-0.15, -0.1) is 0 Å². The summed E-state index contributed by atoms with van der Waals surface area (Å²) in [6, 6.07) is 13.3. The first-order valence-corrected chi connectivity index (χ1v) is 27.2. The highest BCUT2D eigenvalue weighted by molar-refractivity contribution is 5.97. The smallest absolute Gasteiger partial charge is 0.207 e. The second-order valence-corrected chi connectivity index (χ2v) is 22.8. The van der Waals surface area contributed by atoms with Gasteiger partial charge >= 0.3 is 0 Å². The molecule has 0 radical (unpaired) electrons. The number of carbonyl (C=O) groups is 1. The van der Waals surface area contributed by atoms with Crippen molar-refractivity contribution in [3.05, 3.63) is 53.6 Å². The monoisotopic (exact) mass is 955 g/mol. The second-order valence-electron chi connectivity index (χ2n) is 22.8. The summed E-state index contributed by atoms with van der Waals surface area (Å²) in [4.78, 5) is 20.3. The van der Waals surface area contributed by atoms with Gasteiger partial charge in [-0.1, -0.05) is 69.4 Å². The summed E-state index contributed by atoms with van der Waals surface area (Å²) >= 11 is 0. The van der Waals surface area contributed by atoms with Crippen LogP contribution in [-0.2, 0) is 21.4 Å². The van der Waals surface area contributed by atoms with Gasteiger partial charge in [-0.25, -0.2) is 0 Å². The van der Waals surface area contributed by atoms with Crippen molar-refractivity contribution in [2.45, 2.75) is 165 Å². The Bertz CT molecular complexity index is 2430. The van der Waals surface area contributed by atoms with Crippen LogP contribution in [0.4, 0.5) is 5.69 Å². The Morgan fingerprint density at radius 1 is 0.971 bits per heavy atom. The molecule has 11 heteroatoms. The van der Waals surface area contributed by atoms with Crippen LogP contribution in [0.5, 0.6) is 23.0 Å². The van der Waals surface area contributed by atoms with E-state index in [-0.39, 0.29) is 46.7 Å². The number of phenolic OH excluding ortho intramolecular Hbond substituents is 1. The summed E-state index contributed by atoms with van der Waals surface area (Å²) in [6.07, 6.45) is 27.0. The van der Waals surface area contributed by atoms with Gasteiger partial charge < -0.3 is 39.8 Å². The topological polar surface area (TPSA) is 143 Å². The summed E-state index contributed by atoms with van der Waals surface area (Å²) < 4.78 is 26.0. The van der Waals surface area contributed by atoms with Crippen LogP contribution in [0.3, 0.4) is 0 Å². The molecule has 2 heterocycles. The third kappa shape index (κ3) is 9.45. The van der Waals surface area contributed by atoms with Crippen molar-refractivity contribution in [1.82, 2.24) is 10.6 Å². The Balaban J connectivity index is 1.10. The number of nitrogens with zero attached hydrogens (tertiary/aromatic N) is 1. The fourth-order valence-electron chi connectivity index (χ4n) is 15.8. The van der Waals surface area contributed by atoms with Crippen molar-refractivity contribution in [3.63, 3.8) is 0 Å². The summed E-state index contributed by atoms with van der Waals surface area (Å²) in [5.41, 5.74) is 1.41. The van der Waals surface area contributed by atoms with Gasteiger partial charge in [0, 0.05) is 49.7 Å². The van der Waals surface area contributed by atoms with Gasteiger partial charge in [0.2, 0.25) is 11.7 Å². The number of ketones is 1. The summed E-state index contributed by atoms with van der Waals surface area (Å²) in [6.45, 7) is 2.98. The molecule has 0 saturated heterocycles. The number of hydrogen-bond donors (Lipinski definition) is 5. The second kappa shape index (κ2) is 20.8. The zero-order valence-corrected chi connectivity index (χ0v) is 42.3. The number of aliphatic hydroxyl groups is 1. The van der Waals surface area contributed by atoms with Gasteiger partial charge in [-0.2, -0.15) is 0 Å². The Hall–Kier alpha value is -4.68. The number of carbonyl (C=O) groups excluding carboxylic acids is 1. The van der Waals surface area contributed by atoms with Gasteiger partial charge in [0.1, 0.15) is 11.7 Å². The van der Waals surface area contributed by atoms with E-state index in [0.717, 1.165) is 88.3 Å². The van der Waals surface area contributed by atoms with Crippen molar-refractivity contribution in [3.8, 4) is 47.0 Å². The number of methoxy groups -OCH3 is 1. The van der Waals surface area contributed by atoms with Crippen LogP contribution in [0.25, 0.3) is 0 Å². The van der Waals surface area contributed by atoms with Crippen LogP contribution in [0, 0.1) is 76.7 Å². The molecule has 2 aromatic rings. The van der Waals surface area contributed by atoms with Gasteiger partial charge in [-0.3, -0.25) is 15.1 Å². The van der Waals surface area contributed by atoms with Crippen molar-refractivity contribution in [2.75, 3.05) is 33.1 Å². The molecular formula is C59H78N4O7. The number of nitrogens with one attached hydrogen (secondary N) is 3. The lowest BCUT2D eigenvalue weighted by Crippen LogP contribution is -2.51. The highest BCUT2D eigenvalue weighted by Crippen LogP contribution is 2.65.